The largest absolute Gasteiger partial charge is 0.508 e. The Labute approximate surface area is 113 Å². The van der Waals surface area contributed by atoms with Crippen molar-refractivity contribution in [3.05, 3.63) is 29.3 Å². The first-order valence-corrected chi connectivity index (χ1v) is 8.64. The van der Waals surface area contributed by atoms with Crippen LogP contribution in [0.3, 0.4) is 0 Å². The first kappa shape index (κ1) is 12.9. The molecule has 0 amide bonds. The minimum Gasteiger partial charge on any atom is -0.508 e. The van der Waals surface area contributed by atoms with Crippen molar-refractivity contribution in [3.63, 3.8) is 0 Å². The summed E-state index contributed by atoms with van der Waals surface area (Å²) in [7, 11) is -2.80. The molecule has 0 aromatic heterocycles. The van der Waals surface area contributed by atoms with Crippen LogP contribution in [0.15, 0.2) is 18.2 Å². The van der Waals surface area contributed by atoms with Crippen molar-refractivity contribution in [2.24, 2.45) is 0 Å². The zero-order valence-corrected chi connectivity index (χ0v) is 11.6. The van der Waals surface area contributed by atoms with Gasteiger partial charge in [0, 0.05) is 12.1 Å². The third-order valence-corrected chi connectivity index (χ3v) is 5.95. The van der Waals surface area contributed by atoms with Crippen molar-refractivity contribution in [1.82, 2.24) is 5.32 Å². The van der Waals surface area contributed by atoms with Gasteiger partial charge in [0.05, 0.1) is 11.5 Å². The van der Waals surface area contributed by atoms with E-state index in [4.69, 9.17) is 0 Å². The molecule has 19 heavy (non-hydrogen) atoms. The number of rotatable bonds is 2. The van der Waals surface area contributed by atoms with Gasteiger partial charge in [-0.1, -0.05) is 12.1 Å². The maximum absolute atomic E-state index is 11.4. The second-order valence-electron chi connectivity index (χ2n) is 5.53. The molecule has 1 aromatic rings. The summed E-state index contributed by atoms with van der Waals surface area (Å²) >= 11 is 0. The number of sulfone groups is 1. The van der Waals surface area contributed by atoms with Crippen molar-refractivity contribution in [3.8, 4) is 5.75 Å². The zero-order chi connectivity index (χ0) is 13.5. The first-order chi connectivity index (χ1) is 9.05. The van der Waals surface area contributed by atoms with Crippen LogP contribution < -0.4 is 5.32 Å². The zero-order valence-electron chi connectivity index (χ0n) is 10.8. The molecule has 2 aliphatic rings. The fraction of sp³-hybridized carbons (Fsp3) is 0.571. The molecule has 2 N–H and O–H groups in total. The minimum absolute atomic E-state index is 0.257. The van der Waals surface area contributed by atoms with Gasteiger partial charge in [0.25, 0.3) is 0 Å². The molecule has 1 heterocycles. The molecular weight excluding hydrogens is 262 g/mol. The summed E-state index contributed by atoms with van der Waals surface area (Å²) in [5, 5.41) is 13.4. The summed E-state index contributed by atoms with van der Waals surface area (Å²) in [4.78, 5) is 0. The average molecular weight is 281 g/mol. The summed E-state index contributed by atoms with van der Waals surface area (Å²) < 4.78 is 22.8. The maximum Gasteiger partial charge on any atom is 0.150 e. The van der Waals surface area contributed by atoms with E-state index in [1.54, 1.807) is 6.07 Å². The summed E-state index contributed by atoms with van der Waals surface area (Å²) in [6.45, 7) is 0. The van der Waals surface area contributed by atoms with Gasteiger partial charge in [-0.25, -0.2) is 8.42 Å². The van der Waals surface area contributed by atoms with Gasteiger partial charge < -0.3 is 10.4 Å². The van der Waals surface area contributed by atoms with Crippen LogP contribution in [-0.2, 0) is 16.3 Å². The minimum atomic E-state index is -2.80. The third-order valence-electron chi connectivity index (χ3n) is 4.24. The maximum atomic E-state index is 11.4. The highest BCUT2D eigenvalue weighted by Crippen LogP contribution is 2.36. The molecule has 1 fully saturated rings. The first-order valence-electron chi connectivity index (χ1n) is 6.82. The van der Waals surface area contributed by atoms with Crippen molar-refractivity contribution in [1.29, 1.82) is 0 Å². The van der Waals surface area contributed by atoms with Crippen molar-refractivity contribution >= 4 is 9.84 Å². The lowest BCUT2D eigenvalue weighted by molar-refractivity contribution is 0.403. The summed E-state index contributed by atoms with van der Waals surface area (Å²) in [6.07, 6.45) is 3.28. The average Bonchev–Trinajstić information content (AvgIpc) is 2.77. The monoisotopic (exact) mass is 281 g/mol. The summed E-state index contributed by atoms with van der Waals surface area (Å²) in [5.74, 6) is 0.974. The molecule has 3 rings (SSSR count). The molecule has 1 saturated heterocycles. The van der Waals surface area contributed by atoms with E-state index in [0.717, 1.165) is 18.4 Å². The second kappa shape index (κ2) is 4.80. The molecule has 0 bridgehead atoms. The number of phenols is 1. The second-order valence-corrected chi connectivity index (χ2v) is 7.83. The Morgan fingerprint density at radius 1 is 1.16 bits per heavy atom. The van der Waals surface area contributed by atoms with Crippen LogP contribution in [0.1, 0.15) is 36.4 Å². The molecule has 1 atom stereocenters. The number of benzene rings is 1. The van der Waals surface area contributed by atoms with Gasteiger partial charge in [-0.05, 0) is 42.9 Å². The number of hydrogen-bond donors (Lipinski definition) is 2. The van der Waals surface area contributed by atoms with Crippen LogP contribution in [0.2, 0.25) is 0 Å². The van der Waals surface area contributed by atoms with Crippen molar-refractivity contribution < 1.29 is 13.5 Å². The number of hydrogen-bond acceptors (Lipinski definition) is 4. The molecule has 1 unspecified atom stereocenters. The summed E-state index contributed by atoms with van der Waals surface area (Å²) in [5.41, 5.74) is 2.22. The Balaban J connectivity index is 1.69. The highest BCUT2D eigenvalue weighted by Gasteiger charge is 2.29. The quantitative estimate of drug-likeness (QED) is 0.863. The van der Waals surface area contributed by atoms with Gasteiger partial charge in [-0.3, -0.25) is 0 Å². The molecule has 1 aliphatic carbocycles. The van der Waals surface area contributed by atoms with E-state index in [-0.39, 0.29) is 12.1 Å². The summed E-state index contributed by atoms with van der Waals surface area (Å²) in [6, 6.07) is 6.20. The number of phenolic OH excluding ortho intramolecular Hbond substituents is 1. The van der Waals surface area contributed by atoms with E-state index in [9.17, 15) is 13.5 Å². The van der Waals surface area contributed by atoms with E-state index >= 15 is 0 Å². The number of aromatic hydroxyl groups is 1. The Morgan fingerprint density at radius 2 is 1.89 bits per heavy atom. The van der Waals surface area contributed by atoms with Gasteiger partial charge >= 0.3 is 0 Å². The predicted molar refractivity (Wildman–Crippen MR) is 74.0 cm³/mol. The fourth-order valence-corrected chi connectivity index (χ4v) is 4.64. The normalized spacial score (nSPS) is 26.2. The van der Waals surface area contributed by atoms with Crippen LogP contribution in [0.5, 0.6) is 5.75 Å². The van der Waals surface area contributed by atoms with Gasteiger partial charge in [0.1, 0.15) is 15.6 Å². The highest BCUT2D eigenvalue weighted by molar-refractivity contribution is 7.91. The molecular formula is C14H19NO3S. The van der Waals surface area contributed by atoms with Crippen LogP contribution in [0.4, 0.5) is 0 Å². The Hall–Kier alpha value is -1.07. The molecule has 4 nitrogen and oxygen atoms in total. The van der Waals surface area contributed by atoms with Gasteiger partial charge in [0.15, 0.2) is 0 Å². The van der Waals surface area contributed by atoms with E-state index in [0.29, 0.717) is 30.1 Å². The molecule has 1 aromatic carbocycles. The number of nitrogens with one attached hydrogen (secondary N) is 1. The Bertz CT molecular complexity index is 568. The van der Waals surface area contributed by atoms with Crippen molar-refractivity contribution in [2.45, 2.75) is 37.8 Å². The standard InChI is InChI=1S/C14H19NO3S/c16-14-3-1-2-11-12(14)4-5-13(11)15-10-6-8-19(17,18)9-7-10/h1-3,10,13,15-16H,4-9H2. The smallest absolute Gasteiger partial charge is 0.150 e. The SMILES string of the molecule is O=S1(=O)CCC(NC2CCc3c(O)cccc32)CC1. The molecule has 104 valence electrons. The predicted octanol–water partition coefficient (Wildman–Crippen LogP) is 1.55. The molecule has 0 spiro atoms. The highest BCUT2D eigenvalue weighted by atomic mass is 32.2. The molecule has 5 heteroatoms. The lowest BCUT2D eigenvalue weighted by atomic mass is 10.0. The van der Waals surface area contributed by atoms with Crippen LogP contribution in [0.25, 0.3) is 0 Å². The molecule has 1 aliphatic heterocycles. The van der Waals surface area contributed by atoms with Crippen LogP contribution in [-0.4, -0.2) is 31.1 Å². The molecule has 0 saturated carbocycles. The number of fused-ring (bicyclic) bond motifs is 1. The van der Waals surface area contributed by atoms with Crippen molar-refractivity contribution in [2.75, 3.05) is 11.5 Å². The Morgan fingerprint density at radius 3 is 2.63 bits per heavy atom. The van der Waals surface area contributed by atoms with Gasteiger partial charge in [0.2, 0.25) is 0 Å². The van der Waals surface area contributed by atoms with Crippen LogP contribution >= 0.6 is 0 Å². The topological polar surface area (TPSA) is 66.4 Å². The van der Waals surface area contributed by atoms with E-state index in [1.165, 1.54) is 5.56 Å². The molecule has 0 radical (unpaired) electrons. The lowest BCUT2D eigenvalue weighted by Gasteiger charge is -2.27. The van der Waals surface area contributed by atoms with E-state index < -0.39 is 9.84 Å². The fourth-order valence-electron chi connectivity index (χ4n) is 3.15. The van der Waals surface area contributed by atoms with Gasteiger partial charge in [-0.2, -0.15) is 0 Å². The van der Waals surface area contributed by atoms with Crippen LogP contribution in [0, 0.1) is 0 Å². The third kappa shape index (κ3) is 2.62. The van der Waals surface area contributed by atoms with E-state index in [1.807, 2.05) is 6.07 Å². The Kier molecular flexibility index (Phi) is 3.27. The lowest BCUT2D eigenvalue weighted by Crippen LogP contribution is -2.39. The van der Waals surface area contributed by atoms with Gasteiger partial charge in [-0.15, -0.1) is 0 Å². The van der Waals surface area contributed by atoms with E-state index in [2.05, 4.69) is 11.4 Å².